The Hall–Kier alpha value is -2.84. The van der Waals surface area contributed by atoms with Crippen molar-refractivity contribution in [3.8, 4) is 11.5 Å². The van der Waals surface area contributed by atoms with Gasteiger partial charge in [-0.05, 0) is 90.0 Å². The Kier molecular flexibility index (Phi) is 7.35. The first-order valence-corrected chi connectivity index (χ1v) is 11.9. The topological polar surface area (TPSA) is 51.1 Å². The van der Waals surface area contributed by atoms with E-state index in [0.29, 0.717) is 41.0 Å². The number of ether oxygens (including phenoxy) is 2. The largest absolute Gasteiger partial charge is 0.490 e. The molecule has 0 atom stereocenters. The van der Waals surface area contributed by atoms with E-state index in [2.05, 4.69) is 27.7 Å². The van der Waals surface area contributed by atoms with Gasteiger partial charge < -0.3 is 9.47 Å². The highest BCUT2D eigenvalue weighted by Gasteiger charge is 2.28. The maximum Gasteiger partial charge on any atom is 0.280 e. The van der Waals surface area contributed by atoms with Crippen molar-refractivity contribution in [3.63, 3.8) is 0 Å². The first kappa shape index (κ1) is 23.3. The van der Waals surface area contributed by atoms with Gasteiger partial charge >= 0.3 is 0 Å². The van der Waals surface area contributed by atoms with E-state index in [1.807, 2.05) is 74.5 Å². The lowest BCUT2D eigenvalue weighted by Gasteiger charge is -2.15. The van der Waals surface area contributed by atoms with Crippen LogP contribution in [-0.2, 0) is 11.4 Å². The van der Waals surface area contributed by atoms with Gasteiger partial charge in [0.25, 0.3) is 5.91 Å². The average molecular weight is 573 g/mol. The summed E-state index contributed by atoms with van der Waals surface area (Å²) in [4.78, 5) is 13.0. The Morgan fingerprint density at radius 1 is 1.06 bits per heavy atom. The number of amides is 1. The van der Waals surface area contributed by atoms with Crippen LogP contribution in [0.15, 0.2) is 77.4 Å². The number of hydrogen-bond donors (Lipinski definition) is 0. The van der Waals surface area contributed by atoms with Crippen LogP contribution in [0.25, 0.3) is 6.08 Å². The normalized spacial score (nSPS) is 14.5. The van der Waals surface area contributed by atoms with Crippen LogP contribution in [0.2, 0.25) is 5.02 Å². The molecule has 0 N–H and O–H groups in total. The highest BCUT2D eigenvalue weighted by molar-refractivity contribution is 14.1. The van der Waals surface area contributed by atoms with E-state index >= 15 is 0 Å². The number of halogens is 2. The molecule has 0 radical (unpaired) electrons. The molecule has 1 heterocycles. The summed E-state index contributed by atoms with van der Waals surface area (Å²) >= 11 is 8.85. The maximum absolute atomic E-state index is 13.0. The number of carbonyl (C=O) groups excluding carboxylic acids is 1. The lowest BCUT2D eigenvalue weighted by Crippen LogP contribution is -2.21. The minimum atomic E-state index is -0.188. The molecule has 0 saturated heterocycles. The molecule has 33 heavy (non-hydrogen) atoms. The van der Waals surface area contributed by atoms with Gasteiger partial charge in [0, 0.05) is 3.57 Å². The van der Waals surface area contributed by atoms with Crippen molar-refractivity contribution in [3.05, 3.63) is 92.0 Å². The third-order valence-corrected chi connectivity index (χ3v) is 6.00. The summed E-state index contributed by atoms with van der Waals surface area (Å²) in [6, 6.07) is 21.0. The van der Waals surface area contributed by atoms with Crippen molar-refractivity contribution < 1.29 is 14.3 Å². The zero-order chi connectivity index (χ0) is 23.4. The van der Waals surface area contributed by atoms with Crippen LogP contribution in [0.3, 0.4) is 0 Å². The molecular weight excluding hydrogens is 551 g/mol. The predicted molar refractivity (Wildman–Crippen MR) is 141 cm³/mol. The second kappa shape index (κ2) is 10.4. The van der Waals surface area contributed by atoms with Crippen LogP contribution in [0.4, 0.5) is 5.69 Å². The van der Waals surface area contributed by atoms with E-state index in [1.54, 1.807) is 12.1 Å². The fourth-order valence-electron chi connectivity index (χ4n) is 3.41. The molecule has 4 rings (SSSR count). The molecule has 1 aliphatic heterocycles. The van der Waals surface area contributed by atoms with Crippen molar-refractivity contribution >= 4 is 57.6 Å². The summed E-state index contributed by atoms with van der Waals surface area (Å²) < 4.78 is 13.0. The van der Waals surface area contributed by atoms with Gasteiger partial charge in [-0.1, -0.05) is 41.9 Å². The van der Waals surface area contributed by atoms with Crippen LogP contribution in [0.1, 0.15) is 25.0 Å². The SMILES string of the molecule is CCOc1cc(/C=C2/C(=O)N(c3ccccc3)N=C2C)cc(Cl)c1OCc1ccc(I)cc1. The molecule has 3 aromatic rings. The minimum Gasteiger partial charge on any atom is -0.490 e. The van der Waals surface area contributed by atoms with E-state index < -0.39 is 0 Å². The molecule has 168 valence electrons. The smallest absolute Gasteiger partial charge is 0.280 e. The van der Waals surface area contributed by atoms with E-state index in [1.165, 1.54) is 5.01 Å². The molecule has 5 nitrogen and oxygen atoms in total. The molecule has 7 heteroatoms. The summed E-state index contributed by atoms with van der Waals surface area (Å²) in [5.74, 6) is 0.822. The van der Waals surface area contributed by atoms with Crippen molar-refractivity contribution in [2.24, 2.45) is 5.10 Å². The van der Waals surface area contributed by atoms with Gasteiger partial charge in [-0.25, -0.2) is 0 Å². The Morgan fingerprint density at radius 3 is 2.48 bits per heavy atom. The van der Waals surface area contributed by atoms with E-state index in [4.69, 9.17) is 21.1 Å². The molecule has 0 saturated carbocycles. The summed E-state index contributed by atoms with van der Waals surface area (Å²) in [6.45, 7) is 4.54. The number of rotatable bonds is 7. The van der Waals surface area contributed by atoms with Crippen molar-refractivity contribution in [1.29, 1.82) is 0 Å². The number of carbonyl (C=O) groups is 1. The summed E-state index contributed by atoms with van der Waals surface area (Å²) in [7, 11) is 0. The number of benzene rings is 3. The molecule has 3 aromatic carbocycles. The summed E-state index contributed by atoms with van der Waals surface area (Å²) in [5, 5.41) is 6.25. The van der Waals surface area contributed by atoms with Gasteiger partial charge in [-0.15, -0.1) is 0 Å². The number of anilines is 1. The molecule has 0 spiro atoms. The molecule has 0 aliphatic carbocycles. The number of para-hydroxylation sites is 1. The van der Waals surface area contributed by atoms with E-state index in [0.717, 1.165) is 20.4 Å². The van der Waals surface area contributed by atoms with Crippen molar-refractivity contribution in [1.82, 2.24) is 0 Å². The number of hydrazone groups is 1. The second-order valence-electron chi connectivity index (χ2n) is 7.37. The monoisotopic (exact) mass is 572 g/mol. The van der Waals surface area contributed by atoms with Crippen LogP contribution in [0.5, 0.6) is 11.5 Å². The lowest BCUT2D eigenvalue weighted by atomic mass is 10.1. The minimum absolute atomic E-state index is 0.188. The van der Waals surface area contributed by atoms with Gasteiger partial charge in [0.1, 0.15) is 6.61 Å². The molecule has 0 unspecified atom stereocenters. The van der Waals surface area contributed by atoms with E-state index in [-0.39, 0.29) is 5.91 Å². The van der Waals surface area contributed by atoms with Crippen molar-refractivity contribution in [2.45, 2.75) is 20.5 Å². The van der Waals surface area contributed by atoms with E-state index in [9.17, 15) is 4.79 Å². The van der Waals surface area contributed by atoms with Crippen molar-refractivity contribution in [2.75, 3.05) is 11.6 Å². The van der Waals surface area contributed by atoms with Crippen LogP contribution in [-0.4, -0.2) is 18.2 Å². The molecule has 0 bridgehead atoms. The third-order valence-electron chi connectivity index (χ3n) is 5.00. The quantitative estimate of drug-likeness (QED) is 0.233. The molecular formula is C26H22ClIN2O3. The maximum atomic E-state index is 13.0. The summed E-state index contributed by atoms with van der Waals surface area (Å²) in [5.41, 5.74) is 3.63. The number of hydrogen-bond acceptors (Lipinski definition) is 4. The second-order valence-corrected chi connectivity index (χ2v) is 9.03. The molecule has 1 amide bonds. The lowest BCUT2D eigenvalue weighted by molar-refractivity contribution is -0.114. The molecule has 1 aliphatic rings. The van der Waals surface area contributed by atoms with Gasteiger partial charge in [0.2, 0.25) is 0 Å². The Balaban J connectivity index is 1.60. The highest BCUT2D eigenvalue weighted by atomic mass is 127. The predicted octanol–water partition coefficient (Wildman–Crippen LogP) is 6.73. The molecule has 0 fully saturated rings. The first-order valence-electron chi connectivity index (χ1n) is 10.5. The van der Waals surface area contributed by atoms with Gasteiger partial charge in [0.05, 0.1) is 28.6 Å². The van der Waals surface area contributed by atoms with Gasteiger partial charge in [-0.3, -0.25) is 4.79 Å². The molecule has 0 aromatic heterocycles. The van der Waals surface area contributed by atoms with Gasteiger partial charge in [0.15, 0.2) is 11.5 Å². The Morgan fingerprint density at radius 2 is 1.79 bits per heavy atom. The zero-order valence-electron chi connectivity index (χ0n) is 18.2. The fraction of sp³-hybridized carbons (Fsp3) is 0.154. The zero-order valence-corrected chi connectivity index (χ0v) is 21.1. The summed E-state index contributed by atoms with van der Waals surface area (Å²) in [6.07, 6.45) is 1.78. The highest BCUT2D eigenvalue weighted by Crippen LogP contribution is 2.38. The average Bonchev–Trinajstić information content (AvgIpc) is 3.09. The third kappa shape index (κ3) is 5.39. The Labute approximate surface area is 211 Å². The fourth-order valence-corrected chi connectivity index (χ4v) is 4.04. The Bertz CT molecular complexity index is 1220. The standard InChI is InChI=1S/C26H22ClIN2O3/c1-3-32-24-15-19(14-23(27)25(24)33-16-18-9-11-20(28)12-10-18)13-22-17(2)29-30(26(22)31)21-7-5-4-6-8-21/h4-15H,3,16H2,1-2H3/b22-13+. The van der Waals surface area contributed by atoms with Gasteiger partial charge in [-0.2, -0.15) is 10.1 Å². The van der Waals surface area contributed by atoms with Crippen LogP contribution >= 0.6 is 34.2 Å². The van der Waals surface area contributed by atoms with Crippen LogP contribution < -0.4 is 14.5 Å². The first-order chi connectivity index (χ1) is 16.0. The number of nitrogens with zero attached hydrogens (tertiary/aromatic N) is 2. The van der Waals surface area contributed by atoms with Crippen LogP contribution in [0, 0.1) is 3.57 Å².